The van der Waals surface area contributed by atoms with Crippen LogP contribution in [0.5, 0.6) is 17.5 Å². The summed E-state index contributed by atoms with van der Waals surface area (Å²) < 4.78 is 16.6. The number of rotatable bonds is 17. The maximum Gasteiger partial charge on any atom is 0.407 e. The Bertz CT molecular complexity index is 1660. The Morgan fingerprint density at radius 3 is 2.08 bits per heavy atom. The first-order chi connectivity index (χ1) is 24.3. The second kappa shape index (κ2) is 17.5. The average Bonchev–Trinajstić information content (AvgIpc) is 3.58. The summed E-state index contributed by atoms with van der Waals surface area (Å²) in [5.41, 5.74) is 1.57. The van der Waals surface area contributed by atoms with Crippen molar-refractivity contribution in [2.45, 2.75) is 45.9 Å². The predicted octanol–water partition coefficient (Wildman–Crippen LogP) is 6.26. The quantitative estimate of drug-likeness (QED) is 0.0724. The minimum atomic E-state index is -0.889. The fraction of sp³-hybridized carbons (Fsp3) is 0.400. The van der Waals surface area contributed by atoms with Crippen LogP contribution in [0.15, 0.2) is 60.7 Å². The summed E-state index contributed by atoms with van der Waals surface area (Å²) in [5, 5.41) is 25.3. The maximum absolute atomic E-state index is 12.8. The summed E-state index contributed by atoms with van der Waals surface area (Å²) in [5.74, 6) is 1.62. The lowest BCUT2D eigenvalue weighted by Crippen LogP contribution is -2.47. The van der Waals surface area contributed by atoms with Crippen LogP contribution in [0.25, 0.3) is 0 Å². The molecule has 50 heavy (non-hydrogen) atoms. The molecule has 4 aromatic rings. The van der Waals surface area contributed by atoms with E-state index in [4.69, 9.17) is 14.2 Å². The SMILES string of the molecule is CCCCOc1nc(NCc2ccc(CN3CCN(C(=O)O)CC3)s2)c([N+](=O)[O-])c(N(Cc2ccc(OC)cc2)Cc2ccc(OC)cc2)n1. The maximum atomic E-state index is 12.8. The van der Waals surface area contributed by atoms with Gasteiger partial charge in [-0.15, -0.1) is 11.3 Å². The highest BCUT2D eigenvalue weighted by molar-refractivity contribution is 7.12. The van der Waals surface area contributed by atoms with Crippen LogP contribution in [0.2, 0.25) is 0 Å². The number of carbonyl (C=O) groups is 1. The van der Waals surface area contributed by atoms with Gasteiger partial charge in [-0.2, -0.15) is 9.97 Å². The number of nitrogens with zero attached hydrogens (tertiary/aromatic N) is 6. The molecule has 1 saturated heterocycles. The minimum Gasteiger partial charge on any atom is -0.497 e. The number of nitro groups is 1. The van der Waals surface area contributed by atoms with Crippen LogP contribution >= 0.6 is 11.3 Å². The van der Waals surface area contributed by atoms with E-state index in [-0.39, 0.29) is 23.3 Å². The average molecular weight is 706 g/mol. The smallest absolute Gasteiger partial charge is 0.407 e. The van der Waals surface area contributed by atoms with Crippen molar-refractivity contribution < 1.29 is 29.0 Å². The van der Waals surface area contributed by atoms with Crippen LogP contribution in [-0.4, -0.2) is 82.9 Å². The van der Waals surface area contributed by atoms with Gasteiger partial charge in [-0.1, -0.05) is 37.6 Å². The number of hydrogen-bond donors (Lipinski definition) is 2. The lowest BCUT2D eigenvalue weighted by atomic mass is 10.1. The number of nitrogens with one attached hydrogen (secondary N) is 1. The van der Waals surface area contributed by atoms with Crippen molar-refractivity contribution in [3.8, 4) is 17.5 Å². The first kappa shape index (κ1) is 36.1. The molecular weight excluding hydrogens is 662 g/mol. The van der Waals surface area contributed by atoms with Crippen molar-refractivity contribution in [2.24, 2.45) is 0 Å². The van der Waals surface area contributed by atoms with Crippen LogP contribution in [0.3, 0.4) is 0 Å². The Kier molecular flexibility index (Phi) is 12.6. The third kappa shape index (κ3) is 9.72. The van der Waals surface area contributed by atoms with Gasteiger partial charge in [0.05, 0.1) is 32.3 Å². The van der Waals surface area contributed by atoms with Crippen molar-refractivity contribution in [3.05, 3.63) is 91.7 Å². The number of hydrogen-bond acceptors (Lipinski definition) is 12. The topological polar surface area (TPSA) is 156 Å². The molecule has 1 aliphatic heterocycles. The summed E-state index contributed by atoms with van der Waals surface area (Å²) in [6.07, 6.45) is 0.796. The lowest BCUT2D eigenvalue weighted by Gasteiger charge is -2.32. The summed E-state index contributed by atoms with van der Waals surface area (Å²) in [7, 11) is 3.21. The van der Waals surface area contributed by atoms with Gasteiger partial charge in [-0.25, -0.2) is 4.79 Å². The number of piperazine rings is 1. The first-order valence-electron chi connectivity index (χ1n) is 16.5. The van der Waals surface area contributed by atoms with E-state index in [2.05, 4.69) is 27.1 Å². The molecule has 0 spiro atoms. The fourth-order valence-corrected chi connectivity index (χ4v) is 6.51. The molecule has 15 heteroatoms. The molecule has 3 heterocycles. The van der Waals surface area contributed by atoms with E-state index >= 15 is 0 Å². The van der Waals surface area contributed by atoms with E-state index in [1.807, 2.05) is 65.6 Å². The third-order valence-corrected chi connectivity index (χ3v) is 9.36. The predicted molar refractivity (Wildman–Crippen MR) is 191 cm³/mol. The fourth-order valence-electron chi connectivity index (χ4n) is 5.51. The molecular formula is C35H43N7O7S. The zero-order chi connectivity index (χ0) is 35.5. The van der Waals surface area contributed by atoms with Gasteiger partial charge < -0.3 is 34.4 Å². The molecule has 14 nitrogen and oxygen atoms in total. The molecule has 5 rings (SSSR count). The number of carboxylic acid groups (broad SMARTS) is 1. The first-order valence-corrected chi connectivity index (χ1v) is 17.3. The van der Waals surface area contributed by atoms with Gasteiger partial charge in [0, 0.05) is 55.6 Å². The number of benzene rings is 2. The molecule has 2 aromatic carbocycles. The molecule has 1 amide bonds. The van der Waals surface area contributed by atoms with Crippen molar-refractivity contribution in [3.63, 3.8) is 0 Å². The van der Waals surface area contributed by atoms with Gasteiger partial charge in [-0.3, -0.25) is 15.0 Å². The van der Waals surface area contributed by atoms with Crippen LogP contribution in [0.4, 0.5) is 22.1 Å². The van der Waals surface area contributed by atoms with Crippen molar-refractivity contribution in [2.75, 3.05) is 57.2 Å². The summed E-state index contributed by atoms with van der Waals surface area (Å²) in [4.78, 5) is 40.4. The zero-order valence-corrected chi connectivity index (χ0v) is 29.4. The molecule has 0 bridgehead atoms. The van der Waals surface area contributed by atoms with Crippen LogP contribution in [-0.2, 0) is 26.2 Å². The number of methoxy groups -OCH3 is 2. The standard InChI is InChI=1S/C35H43N7O7S/c1-4-5-20-49-34-37-32(36-21-29-14-15-30(50-29)24-39-16-18-40(19-17-39)35(43)44)31(42(45)46)33(38-34)41(22-25-6-10-27(47-2)11-7-25)23-26-8-12-28(48-3)13-9-26/h6-15H,4-5,16-24H2,1-3H3,(H,43,44)(H,36,37,38). The Labute approximate surface area is 295 Å². The second-order valence-electron chi connectivity index (χ2n) is 11.8. The molecule has 0 atom stereocenters. The normalized spacial score (nSPS) is 13.1. The van der Waals surface area contributed by atoms with E-state index in [1.54, 1.807) is 25.6 Å². The van der Waals surface area contributed by atoms with E-state index in [1.165, 1.54) is 4.90 Å². The highest BCUT2D eigenvalue weighted by Gasteiger charge is 2.30. The highest BCUT2D eigenvalue weighted by atomic mass is 32.1. The van der Waals surface area contributed by atoms with Crippen LogP contribution < -0.4 is 24.4 Å². The van der Waals surface area contributed by atoms with E-state index in [9.17, 15) is 20.0 Å². The molecule has 0 radical (unpaired) electrons. The van der Waals surface area contributed by atoms with Crippen LogP contribution in [0, 0.1) is 10.1 Å². The molecule has 0 saturated carbocycles. The molecule has 1 fully saturated rings. The molecule has 2 aromatic heterocycles. The van der Waals surface area contributed by atoms with E-state index in [0.29, 0.717) is 70.5 Å². The molecule has 0 aliphatic carbocycles. The summed E-state index contributed by atoms with van der Waals surface area (Å²) in [6.45, 7) is 6.35. The number of ether oxygens (including phenoxy) is 3. The summed E-state index contributed by atoms with van der Waals surface area (Å²) >= 11 is 1.60. The van der Waals surface area contributed by atoms with Crippen molar-refractivity contribution in [1.82, 2.24) is 19.8 Å². The monoisotopic (exact) mass is 705 g/mol. The second-order valence-corrected chi connectivity index (χ2v) is 13.1. The van der Waals surface area contributed by atoms with Gasteiger partial charge in [0.1, 0.15) is 11.5 Å². The van der Waals surface area contributed by atoms with Crippen LogP contribution in [0.1, 0.15) is 40.6 Å². The number of thiophene rings is 1. The molecule has 266 valence electrons. The Morgan fingerprint density at radius 1 is 0.940 bits per heavy atom. The zero-order valence-electron chi connectivity index (χ0n) is 28.5. The minimum absolute atomic E-state index is 0.0587. The van der Waals surface area contributed by atoms with Crippen molar-refractivity contribution >= 4 is 34.8 Å². The number of aromatic nitrogens is 2. The van der Waals surface area contributed by atoms with Gasteiger partial charge in [0.25, 0.3) is 0 Å². The number of amides is 1. The third-order valence-electron chi connectivity index (χ3n) is 8.29. The Hall–Kier alpha value is -5.15. The van der Waals surface area contributed by atoms with Gasteiger partial charge in [0.2, 0.25) is 11.6 Å². The Balaban J connectivity index is 1.43. The molecule has 0 unspecified atom stereocenters. The molecule has 2 N–H and O–H groups in total. The molecule has 1 aliphatic rings. The van der Waals surface area contributed by atoms with Crippen molar-refractivity contribution in [1.29, 1.82) is 0 Å². The largest absolute Gasteiger partial charge is 0.497 e. The van der Waals surface area contributed by atoms with E-state index in [0.717, 1.165) is 33.7 Å². The van der Waals surface area contributed by atoms with Gasteiger partial charge in [0.15, 0.2) is 0 Å². The van der Waals surface area contributed by atoms with Gasteiger partial charge >= 0.3 is 17.8 Å². The number of anilines is 2. The lowest BCUT2D eigenvalue weighted by molar-refractivity contribution is -0.383. The number of unbranched alkanes of at least 4 members (excludes halogenated alkanes) is 1. The van der Waals surface area contributed by atoms with Gasteiger partial charge in [-0.05, 0) is 53.9 Å². The Morgan fingerprint density at radius 2 is 1.54 bits per heavy atom. The van der Waals surface area contributed by atoms with E-state index < -0.39 is 11.0 Å². The highest BCUT2D eigenvalue weighted by Crippen LogP contribution is 2.37. The summed E-state index contributed by atoms with van der Waals surface area (Å²) in [6, 6.07) is 19.2.